The summed E-state index contributed by atoms with van der Waals surface area (Å²) in [5.41, 5.74) is 5.48. The lowest BCUT2D eigenvalue weighted by Crippen LogP contribution is -2.62. The molecule has 0 saturated carbocycles. The topological polar surface area (TPSA) is 105 Å². The Kier molecular flexibility index (Phi) is 3.60. The number of hydrogen-bond acceptors (Lipinski definition) is 6. The fourth-order valence-electron chi connectivity index (χ4n) is 1.31. The number of aliphatic hydroxyl groups excluding tert-OH is 3. The molecule has 1 rings (SSSR count). The van der Waals surface area contributed by atoms with E-state index in [1.807, 2.05) is 0 Å². The highest BCUT2D eigenvalue weighted by Crippen LogP contribution is 2.19. The molecule has 1 fully saturated rings. The van der Waals surface area contributed by atoms with E-state index in [2.05, 4.69) is 0 Å². The van der Waals surface area contributed by atoms with Gasteiger partial charge in [-0.25, -0.2) is 0 Å². The van der Waals surface area contributed by atoms with Gasteiger partial charge in [-0.2, -0.15) is 0 Å². The van der Waals surface area contributed by atoms with Gasteiger partial charge >= 0.3 is 0 Å². The number of methoxy groups -OCH3 is 1. The van der Waals surface area contributed by atoms with Crippen LogP contribution < -0.4 is 5.73 Å². The molecule has 0 bridgehead atoms. The predicted molar refractivity (Wildman–Crippen MR) is 42.7 cm³/mol. The van der Waals surface area contributed by atoms with E-state index in [1.165, 1.54) is 7.11 Å². The first-order chi connectivity index (χ1) is 6.11. The predicted octanol–water partition coefficient (Wildman–Crippen LogP) is -2.60. The van der Waals surface area contributed by atoms with Gasteiger partial charge in [0.15, 0.2) is 6.29 Å². The number of hydrogen-bond donors (Lipinski definition) is 4. The lowest BCUT2D eigenvalue weighted by atomic mass is 9.97. The zero-order valence-corrected chi connectivity index (χ0v) is 7.33. The normalized spacial score (nSPS) is 46.4. The van der Waals surface area contributed by atoms with Gasteiger partial charge in [0.05, 0.1) is 12.6 Å². The third-order valence-electron chi connectivity index (χ3n) is 2.17. The summed E-state index contributed by atoms with van der Waals surface area (Å²) in [4.78, 5) is 0. The molecular formula is C7H15NO5. The van der Waals surface area contributed by atoms with Gasteiger partial charge in [-0.3, -0.25) is 0 Å². The Bertz CT molecular complexity index is 147. The molecule has 1 saturated heterocycles. The lowest BCUT2D eigenvalue weighted by molar-refractivity contribution is -0.267. The Morgan fingerprint density at radius 2 is 2.00 bits per heavy atom. The van der Waals surface area contributed by atoms with E-state index in [1.54, 1.807) is 0 Å². The minimum absolute atomic E-state index is 0.360. The monoisotopic (exact) mass is 193 g/mol. The van der Waals surface area contributed by atoms with E-state index in [-0.39, 0.29) is 6.61 Å². The summed E-state index contributed by atoms with van der Waals surface area (Å²) in [6.07, 6.45) is -3.85. The minimum atomic E-state index is -1.08. The van der Waals surface area contributed by atoms with Gasteiger partial charge in [0.2, 0.25) is 0 Å². The van der Waals surface area contributed by atoms with Gasteiger partial charge in [0.25, 0.3) is 0 Å². The zero-order valence-electron chi connectivity index (χ0n) is 7.33. The molecule has 6 nitrogen and oxygen atoms in total. The third kappa shape index (κ3) is 1.98. The molecule has 0 radical (unpaired) electrons. The molecule has 1 aliphatic heterocycles. The summed E-state index contributed by atoms with van der Waals surface area (Å²) < 4.78 is 9.81. The van der Waals surface area contributed by atoms with Crippen LogP contribution in [-0.4, -0.2) is 59.7 Å². The molecule has 13 heavy (non-hydrogen) atoms. The van der Waals surface area contributed by atoms with Crippen LogP contribution in [0, 0.1) is 0 Å². The van der Waals surface area contributed by atoms with Gasteiger partial charge in [-0.05, 0) is 0 Å². The fourth-order valence-corrected chi connectivity index (χ4v) is 1.31. The minimum Gasteiger partial charge on any atom is -0.394 e. The molecule has 0 spiro atoms. The second-order valence-electron chi connectivity index (χ2n) is 3.02. The molecule has 0 aliphatic carbocycles. The van der Waals surface area contributed by atoms with Crippen molar-refractivity contribution in [1.29, 1.82) is 0 Å². The molecule has 1 aliphatic rings. The lowest BCUT2D eigenvalue weighted by Gasteiger charge is -2.39. The molecule has 1 heterocycles. The standard InChI is InChI=1S/C7H15NO5/c1-12-7-6(11)4(8)5(10)3(2-9)13-7/h3-7,9-11H,2,8H2,1H3/t3?,4-,5+,6?,7+/m0/s1. The van der Waals surface area contributed by atoms with Crippen LogP contribution in [0.15, 0.2) is 0 Å². The SMILES string of the molecule is CO[C@@H]1OC(CO)[C@@H](O)[C@H](N)C1O. The summed E-state index contributed by atoms with van der Waals surface area (Å²) in [5, 5.41) is 27.6. The van der Waals surface area contributed by atoms with Crippen molar-refractivity contribution in [3.63, 3.8) is 0 Å². The van der Waals surface area contributed by atoms with Crippen molar-refractivity contribution in [1.82, 2.24) is 0 Å². The highest BCUT2D eigenvalue weighted by molar-refractivity contribution is 4.91. The molecule has 5 atom stereocenters. The number of nitrogens with two attached hydrogens (primary N) is 1. The maximum absolute atomic E-state index is 9.40. The molecule has 5 N–H and O–H groups in total. The maximum atomic E-state index is 9.40. The molecule has 6 heteroatoms. The van der Waals surface area contributed by atoms with Crippen LogP contribution in [0.5, 0.6) is 0 Å². The van der Waals surface area contributed by atoms with E-state index < -0.39 is 30.6 Å². The molecule has 0 amide bonds. The fraction of sp³-hybridized carbons (Fsp3) is 1.00. The molecule has 0 aromatic heterocycles. The molecule has 0 aromatic rings. The van der Waals surface area contributed by atoms with Crippen molar-refractivity contribution in [3.05, 3.63) is 0 Å². The van der Waals surface area contributed by atoms with Crippen LogP contribution in [-0.2, 0) is 9.47 Å². The smallest absolute Gasteiger partial charge is 0.185 e. The second kappa shape index (κ2) is 4.32. The van der Waals surface area contributed by atoms with Crippen molar-refractivity contribution >= 4 is 0 Å². The average Bonchev–Trinajstić information content (AvgIpc) is 2.15. The summed E-state index contributed by atoms with van der Waals surface area (Å²) in [5.74, 6) is 0. The van der Waals surface area contributed by atoms with E-state index >= 15 is 0 Å². The van der Waals surface area contributed by atoms with E-state index in [0.717, 1.165) is 0 Å². The van der Waals surface area contributed by atoms with Gasteiger partial charge in [0.1, 0.15) is 18.3 Å². The van der Waals surface area contributed by atoms with E-state index in [9.17, 15) is 10.2 Å². The Labute approximate surface area is 75.9 Å². The van der Waals surface area contributed by atoms with Crippen LogP contribution in [0.2, 0.25) is 0 Å². The molecule has 0 aromatic carbocycles. The van der Waals surface area contributed by atoms with Crippen molar-refractivity contribution < 1.29 is 24.8 Å². The summed E-state index contributed by atoms with van der Waals surface area (Å²) in [6, 6.07) is -0.865. The Hall–Kier alpha value is -0.240. The average molecular weight is 193 g/mol. The van der Waals surface area contributed by atoms with Crippen molar-refractivity contribution in [2.45, 2.75) is 30.6 Å². The Balaban J connectivity index is 2.66. The van der Waals surface area contributed by atoms with E-state index in [4.69, 9.17) is 20.3 Å². The number of aliphatic hydroxyl groups is 3. The second-order valence-corrected chi connectivity index (χ2v) is 3.02. The van der Waals surface area contributed by atoms with Crippen LogP contribution in [0.3, 0.4) is 0 Å². The summed E-state index contributed by atoms with van der Waals surface area (Å²) in [6.45, 7) is -0.360. The Morgan fingerprint density at radius 1 is 1.38 bits per heavy atom. The van der Waals surface area contributed by atoms with Gasteiger partial charge in [0, 0.05) is 7.11 Å². The van der Waals surface area contributed by atoms with Gasteiger partial charge in [-0.15, -0.1) is 0 Å². The quantitative estimate of drug-likeness (QED) is 0.383. The van der Waals surface area contributed by atoms with Crippen LogP contribution in [0.1, 0.15) is 0 Å². The zero-order chi connectivity index (χ0) is 10.0. The molecular weight excluding hydrogens is 178 g/mol. The summed E-state index contributed by atoms with van der Waals surface area (Å²) >= 11 is 0. The van der Waals surface area contributed by atoms with Crippen molar-refractivity contribution in [2.24, 2.45) is 5.73 Å². The Morgan fingerprint density at radius 3 is 2.46 bits per heavy atom. The third-order valence-corrected chi connectivity index (χ3v) is 2.17. The highest BCUT2D eigenvalue weighted by Gasteiger charge is 2.42. The van der Waals surface area contributed by atoms with Crippen LogP contribution >= 0.6 is 0 Å². The summed E-state index contributed by atoms with van der Waals surface area (Å²) in [7, 11) is 1.35. The molecule has 2 unspecified atom stereocenters. The first kappa shape index (κ1) is 10.8. The van der Waals surface area contributed by atoms with Gasteiger partial charge in [-0.1, -0.05) is 0 Å². The van der Waals surface area contributed by atoms with E-state index in [0.29, 0.717) is 0 Å². The molecule has 78 valence electrons. The van der Waals surface area contributed by atoms with Crippen molar-refractivity contribution in [2.75, 3.05) is 13.7 Å². The van der Waals surface area contributed by atoms with Crippen LogP contribution in [0.25, 0.3) is 0 Å². The number of rotatable bonds is 2. The highest BCUT2D eigenvalue weighted by atomic mass is 16.7. The largest absolute Gasteiger partial charge is 0.394 e. The van der Waals surface area contributed by atoms with Crippen LogP contribution in [0.4, 0.5) is 0 Å². The van der Waals surface area contributed by atoms with Gasteiger partial charge < -0.3 is 30.5 Å². The van der Waals surface area contributed by atoms with Crippen molar-refractivity contribution in [3.8, 4) is 0 Å². The maximum Gasteiger partial charge on any atom is 0.185 e. The first-order valence-corrected chi connectivity index (χ1v) is 4.02. The number of ether oxygens (including phenoxy) is 2. The first-order valence-electron chi connectivity index (χ1n) is 4.02.